The van der Waals surface area contributed by atoms with Crippen LogP contribution in [0.1, 0.15) is 29.8 Å². The van der Waals surface area contributed by atoms with E-state index in [9.17, 15) is 4.79 Å². The topological polar surface area (TPSA) is 51.3 Å². The SMILES string of the molecule is Cn1cc(Br)cc1C(=O)N1CCCCC1CN. The fourth-order valence-corrected chi connectivity index (χ4v) is 2.92. The number of likely N-dealkylation sites (tertiary alicyclic amines) is 1. The highest BCUT2D eigenvalue weighted by Crippen LogP contribution is 2.21. The van der Waals surface area contributed by atoms with E-state index in [-0.39, 0.29) is 11.9 Å². The number of aromatic nitrogens is 1. The predicted molar refractivity (Wildman–Crippen MR) is 70.8 cm³/mol. The van der Waals surface area contributed by atoms with Gasteiger partial charge in [0, 0.05) is 36.8 Å². The molecule has 5 heteroatoms. The van der Waals surface area contributed by atoms with E-state index in [0.717, 1.165) is 29.6 Å². The lowest BCUT2D eigenvalue weighted by atomic mass is 10.0. The maximum absolute atomic E-state index is 12.4. The minimum absolute atomic E-state index is 0.0911. The largest absolute Gasteiger partial charge is 0.345 e. The number of hydrogen-bond donors (Lipinski definition) is 1. The van der Waals surface area contributed by atoms with E-state index in [1.165, 1.54) is 6.42 Å². The van der Waals surface area contributed by atoms with Gasteiger partial charge in [-0.2, -0.15) is 0 Å². The second-order valence-electron chi connectivity index (χ2n) is 4.54. The van der Waals surface area contributed by atoms with Gasteiger partial charge in [0.15, 0.2) is 0 Å². The van der Waals surface area contributed by atoms with E-state index in [2.05, 4.69) is 15.9 Å². The van der Waals surface area contributed by atoms with E-state index in [1.54, 1.807) is 0 Å². The van der Waals surface area contributed by atoms with Crippen LogP contribution in [0.3, 0.4) is 0 Å². The highest BCUT2D eigenvalue weighted by atomic mass is 79.9. The second-order valence-corrected chi connectivity index (χ2v) is 5.45. The summed E-state index contributed by atoms with van der Waals surface area (Å²) in [5.74, 6) is 0.0911. The average Bonchev–Trinajstić information content (AvgIpc) is 2.67. The van der Waals surface area contributed by atoms with Crippen molar-refractivity contribution in [3.05, 3.63) is 22.4 Å². The fraction of sp³-hybridized carbons (Fsp3) is 0.583. The van der Waals surface area contributed by atoms with Crippen molar-refractivity contribution in [1.82, 2.24) is 9.47 Å². The van der Waals surface area contributed by atoms with Crippen molar-refractivity contribution in [2.75, 3.05) is 13.1 Å². The summed E-state index contributed by atoms with van der Waals surface area (Å²) in [6.45, 7) is 1.38. The number of carbonyl (C=O) groups excluding carboxylic acids is 1. The van der Waals surface area contributed by atoms with Gasteiger partial charge in [-0.1, -0.05) is 0 Å². The van der Waals surface area contributed by atoms with Crippen LogP contribution in [-0.2, 0) is 7.05 Å². The molecule has 0 bridgehead atoms. The molecule has 1 unspecified atom stereocenters. The molecule has 1 saturated heterocycles. The first kappa shape index (κ1) is 12.6. The van der Waals surface area contributed by atoms with Gasteiger partial charge in [-0.3, -0.25) is 4.79 Å². The number of piperidine rings is 1. The van der Waals surface area contributed by atoms with Crippen molar-refractivity contribution in [3.63, 3.8) is 0 Å². The van der Waals surface area contributed by atoms with E-state index >= 15 is 0 Å². The summed E-state index contributed by atoms with van der Waals surface area (Å²) in [6, 6.07) is 2.06. The summed E-state index contributed by atoms with van der Waals surface area (Å²) in [4.78, 5) is 14.4. The molecule has 2 N–H and O–H groups in total. The number of amides is 1. The fourth-order valence-electron chi connectivity index (χ4n) is 2.40. The first-order valence-corrected chi connectivity index (χ1v) is 6.75. The number of aryl methyl sites for hydroxylation is 1. The molecule has 0 radical (unpaired) electrons. The smallest absolute Gasteiger partial charge is 0.270 e. The Kier molecular flexibility index (Phi) is 3.89. The maximum Gasteiger partial charge on any atom is 0.270 e. The molecule has 94 valence electrons. The number of carbonyl (C=O) groups is 1. The molecule has 0 aliphatic carbocycles. The van der Waals surface area contributed by atoms with Crippen LogP contribution in [0.2, 0.25) is 0 Å². The van der Waals surface area contributed by atoms with Crippen LogP contribution in [0.25, 0.3) is 0 Å². The van der Waals surface area contributed by atoms with Gasteiger partial charge in [-0.15, -0.1) is 0 Å². The summed E-state index contributed by atoms with van der Waals surface area (Å²) in [5.41, 5.74) is 6.46. The van der Waals surface area contributed by atoms with Gasteiger partial charge < -0.3 is 15.2 Å². The van der Waals surface area contributed by atoms with E-state index in [0.29, 0.717) is 6.54 Å². The summed E-state index contributed by atoms with van der Waals surface area (Å²) in [5, 5.41) is 0. The zero-order valence-corrected chi connectivity index (χ0v) is 11.6. The molecule has 0 aromatic carbocycles. The Morgan fingerprint density at radius 3 is 2.94 bits per heavy atom. The van der Waals surface area contributed by atoms with Crippen LogP contribution in [0.15, 0.2) is 16.7 Å². The Hall–Kier alpha value is -0.810. The molecular weight excluding hydrogens is 282 g/mol. The Morgan fingerprint density at radius 1 is 1.59 bits per heavy atom. The maximum atomic E-state index is 12.4. The Balaban J connectivity index is 2.21. The third-order valence-corrected chi connectivity index (χ3v) is 3.78. The van der Waals surface area contributed by atoms with Crippen molar-refractivity contribution in [2.45, 2.75) is 25.3 Å². The van der Waals surface area contributed by atoms with Gasteiger partial charge in [0.2, 0.25) is 0 Å². The third-order valence-electron chi connectivity index (χ3n) is 3.35. The monoisotopic (exact) mass is 299 g/mol. The number of hydrogen-bond acceptors (Lipinski definition) is 2. The Bertz CT molecular complexity index is 416. The van der Waals surface area contributed by atoms with Gasteiger partial charge in [0.25, 0.3) is 5.91 Å². The molecular formula is C12H18BrN3O. The number of nitrogens with two attached hydrogens (primary N) is 1. The van der Waals surface area contributed by atoms with Gasteiger partial charge in [0.05, 0.1) is 0 Å². The lowest BCUT2D eigenvalue weighted by Gasteiger charge is -2.35. The van der Waals surface area contributed by atoms with Crippen molar-refractivity contribution < 1.29 is 4.79 Å². The molecule has 2 rings (SSSR count). The lowest BCUT2D eigenvalue weighted by Crippen LogP contribution is -2.47. The highest BCUT2D eigenvalue weighted by Gasteiger charge is 2.27. The van der Waals surface area contributed by atoms with Crippen molar-refractivity contribution in [1.29, 1.82) is 0 Å². The summed E-state index contributed by atoms with van der Waals surface area (Å²) in [7, 11) is 1.89. The Morgan fingerprint density at radius 2 is 2.35 bits per heavy atom. The number of halogens is 1. The molecule has 0 saturated carbocycles. The molecule has 0 spiro atoms. The van der Waals surface area contributed by atoms with Crippen molar-refractivity contribution in [2.24, 2.45) is 12.8 Å². The molecule has 1 fully saturated rings. The third kappa shape index (κ3) is 2.55. The molecule has 1 aromatic rings. The van der Waals surface area contributed by atoms with Gasteiger partial charge in [-0.05, 0) is 41.3 Å². The van der Waals surface area contributed by atoms with Crippen molar-refractivity contribution >= 4 is 21.8 Å². The average molecular weight is 300 g/mol. The van der Waals surface area contributed by atoms with Crippen molar-refractivity contribution in [3.8, 4) is 0 Å². The molecule has 2 heterocycles. The number of rotatable bonds is 2. The lowest BCUT2D eigenvalue weighted by molar-refractivity contribution is 0.0613. The molecule has 1 amide bonds. The van der Waals surface area contributed by atoms with Crippen LogP contribution < -0.4 is 5.73 Å². The van der Waals surface area contributed by atoms with Gasteiger partial charge in [-0.25, -0.2) is 0 Å². The van der Waals surface area contributed by atoms with Crippen LogP contribution in [0.5, 0.6) is 0 Å². The van der Waals surface area contributed by atoms with E-state index in [1.807, 2.05) is 28.8 Å². The van der Waals surface area contributed by atoms with Gasteiger partial charge >= 0.3 is 0 Å². The van der Waals surface area contributed by atoms with E-state index in [4.69, 9.17) is 5.73 Å². The van der Waals surface area contributed by atoms with Crippen LogP contribution in [-0.4, -0.2) is 34.5 Å². The minimum Gasteiger partial charge on any atom is -0.345 e. The van der Waals surface area contributed by atoms with E-state index < -0.39 is 0 Å². The minimum atomic E-state index is 0.0911. The zero-order valence-electron chi connectivity index (χ0n) is 10.0. The second kappa shape index (κ2) is 5.23. The summed E-state index contributed by atoms with van der Waals surface area (Å²) >= 11 is 3.39. The van der Waals surface area contributed by atoms with Crippen LogP contribution in [0.4, 0.5) is 0 Å². The molecule has 1 aliphatic rings. The molecule has 1 aliphatic heterocycles. The molecule has 4 nitrogen and oxygen atoms in total. The first-order chi connectivity index (χ1) is 8.13. The Labute approximate surface area is 110 Å². The number of nitrogens with zero attached hydrogens (tertiary/aromatic N) is 2. The standard InChI is InChI=1S/C12H18BrN3O/c1-15-8-9(13)6-11(15)12(17)16-5-3-2-4-10(16)7-14/h6,8,10H,2-5,7,14H2,1H3. The van der Waals surface area contributed by atoms with Gasteiger partial charge in [0.1, 0.15) is 5.69 Å². The molecule has 1 aromatic heterocycles. The normalized spacial score (nSPS) is 20.6. The zero-order chi connectivity index (χ0) is 12.4. The molecule has 17 heavy (non-hydrogen) atoms. The predicted octanol–water partition coefficient (Wildman–Crippen LogP) is 1.74. The quantitative estimate of drug-likeness (QED) is 0.904. The first-order valence-electron chi connectivity index (χ1n) is 5.96. The summed E-state index contributed by atoms with van der Waals surface area (Å²) < 4.78 is 2.79. The van der Waals surface area contributed by atoms with Crippen LogP contribution in [0, 0.1) is 0 Å². The van der Waals surface area contributed by atoms with Crippen LogP contribution >= 0.6 is 15.9 Å². The highest BCUT2D eigenvalue weighted by molar-refractivity contribution is 9.10. The summed E-state index contributed by atoms with van der Waals surface area (Å²) in [6.07, 6.45) is 5.17. The molecule has 1 atom stereocenters.